The molecule has 4 heteroatoms. The molecule has 2 rings (SSSR count). The Morgan fingerprint density at radius 3 is 2.29 bits per heavy atom. The lowest BCUT2D eigenvalue weighted by molar-refractivity contribution is -0.126. The number of benzene rings is 1. The maximum atomic E-state index is 12.1. The van der Waals surface area contributed by atoms with Crippen LogP contribution >= 0.6 is 0 Å². The van der Waals surface area contributed by atoms with Gasteiger partial charge in [-0.15, -0.1) is 0 Å². The number of hydrogen-bond acceptors (Lipinski definition) is 2. The molecule has 0 atom stereocenters. The summed E-state index contributed by atoms with van der Waals surface area (Å²) < 4.78 is 0. The summed E-state index contributed by atoms with van der Waals surface area (Å²) in [5.74, 6) is 0.351. The molecule has 4 nitrogen and oxygen atoms in total. The highest BCUT2D eigenvalue weighted by atomic mass is 16.2. The van der Waals surface area contributed by atoms with E-state index in [1.807, 2.05) is 24.3 Å². The molecule has 1 aromatic rings. The summed E-state index contributed by atoms with van der Waals surface area (Å²) in [6.45, 7) is 0.534. The third-order valence-corrected chi connectivity index (χ3v) is 4.05. The predicted octanol–water partition coefficient (Wildman–Crippen LogP) is 2.58. The molecule has 0 unspecified atom stereocenters. The third kappa shape index (κ3) is 4.31. The van der Waals surface area contributed by atoms with E-state index < -0.39 is 0 Å². The number of carbonyl (C=O) groups is 2. The van der Waals surface area contributed by atoms with Crippen LogP contribution in [0.1, 0.15) is 48.0 Å². The first-order valence-electron chi connectivity index (χ1n) is 7.66. The molecule has 114 valence electrons. The van der Waals surface area contributed by atoms with Gasteiger partial charge < -0.3 is 10.2 Å². The first-order valence-corrected chi connectivity index (χ1v) is 7.66. The van der Waals surface area contributed by atoms with E-state index >= 15 is 0 Å². The van der Waals surface area contributed by atoms with Crippen molar-refractivity contribution in [3.05, 3.63) is 35.4 Å². The van der Waals surface area contributed by atoms with Gasteiger partial charge in [0.15, 0.2) is 0 Å². The van der Waals surface area contributed by atoms with Crippen LogP contribution in [0.25, 0.3) is 0 Å². The van der Waals surface area contributed by atoms with E-state index in [9.17, 15) is 9.59 Å². The van der Waals surface area contributed by atoms with Gasteiger partial charge >= 0.3 is 0 Å². The second kappa shape index (κ2) is 7.25. The zero-order valence-corrected chi connectivity index (χ0v) is 12.9. The number of carbonyl (C=O) groups excluding carboxylic acids is 2. The first kappa shape index (κ1) is 15.5. The van der Waals surface area contributed by atoms with Crippen molar-refractivity contribution >= 4 is 11.8 Å². The summed E-state index contributed by atoms with van der Waals surface area (Å²) in [4.78, 5) is 25.4. The third-order valence-electron chi connectivity index (χ3n) is 4.05. The Balaban J connectivity index is 1.86. The largest absolute Gasteiger partial charge is 0.352 e. The zero-order valence-electron chi connectivity index (χ0n) is 12.9. The number of hydrogen-bond donors (Lipinski definition) is 1. The lowest BCUT2D eigenvalue weighted by atomic mass is 9.88. The first-order chi connectivity index (χ1) is 10.1. The Hall–Kier alpha value is -1.84. The van der Waals surface area contributed by atoms with Gasteiger partial charge in [-0.2, -0.15) is 0 Å². The molecule has 21 heavy (non-hydrogen) atoms. The van der Waals surface area contributed by atoms with Gasteiger partial charge in [-0.1, -0.05) is 31.4 Å². The van der Waals surface area contributed by atoms with E-state index in [2.05, 4.69) is 5.32 Å². The molecule has 0 bridgehead atoms. The number of nitrogens with one attached hydrogen (secondary N) is 1. The van der Waals surface area contributed by atoms with E-state index in [4.69, 9.17) is 0 Å². The van der Waals surface area contributed by atoms with Crippen LogP contribution in [0.5, 0.6) is 0 Å². The molecule has 1 saturated carbocycles. The van der Waals surface area contributed by atoms with Gasteiger partial charge in [-0.25, -0.2) is 0 Å². The van der Waals surface area contributed by atoms with E-state index in [0.717, 1.165) is 18.4 Å². The Morgan fingerprint density at radius 1 is 1.10 bits per heavy atom. The molecule has 0 aliphatic heterocycles. The molecule has 0 spiro atoms. The summed E-state index contributed by atoms with van der Waals surface area (Å²) in [6.07, 6.45) is 5.62. The van der Waals surface area contributed by atoms with Crippen LogP contribution in [-0.4, -0.2) is 30.8 Å². The Bertz CT molecular complexity index is 488. The second-order valence-corrected chi connectivity index (χ2v) is 5.95. The second-order valence-electron chi connectivity index (χ2n) is 5.95. The Kier molecular flexibility index (Phi) is 5.37. The monoisotopic (exact) mass is 288 g/mol. The minimum atomic E-state index is -0.00667. The average Bonchev–Trinajstić information content (AvgIpc) is 2.53. The van der Waals surface area contributed by atoms with Crippen LogP contribution in [-0.2, 0) is 11.3 Å². The van der Waals surface area contributed by atoms with E-state index in [1.54, 1.807) is 19.0 Å². The van der Waals surface area contributed by atoms with Gasteiger partial charge in [-0.05, 0) is 30.5 Å². The van der Waals surface area contributed by atoms with Gasteiger partial charge in [0.05, 0.1) is 0 Å². The highest BCUT2D eigenvalue weighted by molar-refractivity contribution is 5.93. The fraction of sp³-hybridized carbons (Fsp3) is 0.529. The fourth-order valence-corrected chi connectivity index (χ4v) is 2.72. The fourth-order valence-electron chi connectivity index (χ4n) is 2.72. The zero-order chi connectivity index (χ0) is 15.2. The number of amides is 2. The molecule has 1 N–H and O–H groups in total. The highest BCUT2D eigenvalue weighted by Gasteiger charge is 2.20. The van der Waals surface area contributed by atoms with Crippen molar-refractivity contribution in [3.63, 3.8) is 0 Å². The van der Waals surface area contributed by atoms with Crippen LogP contribution in [0.4, 0.5) is 0 Å². The van der Waals surface area contributed by atoms with Gasteiger partial charge in [-0.3, -0.25) is 9.59 Å². The van der Waals surface area contributed by atoms with Crippen LogP contribution < -0.4 is 5.32 Å². The highest BCUT2D eigenvalue weighted by Crippen LogP contribution is 2.23. The van der Waals surface area contributed by atoms with Gasteiger partial charge in [0.25, 0.3) is 5.91 Å². The quantitative estimate of drug-likeness (QED) is 0.925. The molecule has 1 fully saturated rings. The molecule has 0 radical (unpaired) electrons. The van der Waals surface area contributed by atoms with E-state index in [1.165, 1.54) is 19.3 Å². The summed E-state index contributed by atoms with van der Waals surface area (Å²) in [5.41, 5.74) is 1.69. The molecule has 1 aliphatic carbocycles. The minimum Gasteiger partial charge on any atom is -0.352 e. The van der Waals surface area contributed by atoms with Crippen molar-refractivity contribution in [3.8, 4) is 0 Å². The Labute approximate surface area is 126 Å². The lowest BCUT2D eigenvalue weighted by Gasteiger charge is -2.20. The maximum absolute atomic E-state index is 12.1. The number of nitrogens with zero attached hydrogens (tertiary/aromatic N) is 1. The van der Waals surface area contributed by atoms with Crippen molar-refractivity contribution < 1.29 is 9.59 Å². The van der Waals surface area contributed by atoms with Crippen LogP contribution in [0.15, 0.2) is 24.3 Å². The molecule has 1 aromatic carbocycles. The Morgan fingerprint density at radius 2 is 1.71 bits per heavy atom. The molecule has 0 aromatic heterocycles. The van der Waals surface area contributed by atoms with Crippen LogP contribution in [0.3, 0.4) is 0 Å². The molecular weight excluding hydrogens is 264 g/mol. The summed E-state index contributed by atoms with van der Waals surface area (Å²) in [5, 5.41) is 3.01. The van der Waals surface area contributed by atoms with Crippen LogP contribution in [0, 0.1) is 5.92 Å². The van der Waals surface area contributed by atoms with Crippen molar-refractivity contribution in [2.24, 2.45) is 5.92 Å². The van der Waals surface area contributed by atoms with Crippen molar-refractivity contribution in [2.75, 3.05) is 14.1 Å². The van der Waals surface area contributed by atoms with Crippen molar-refractivity contribution in [1.29, 1.82) is 0 Å². The smallest absolute Gasteiger partial charge is 0.253 e. The van der Waals surface area contributed by atoms with Gasteiger partial charge in [0.2, 0.25) is 5.91 Å². The summed E-state index contributed by atoms with van der Waals surface area (Å²) in [7, 11) is 3.47. The lowest BCUT2D eigenvalue weighted by Crippen LogP contribution is -2.31. The van der Waals surface area contributed by atoms with E-state index in [-0.39, 0.29) is 17.7 Å². The maximum Gasteiger partial charge on any atom is 0.253 e. The van der Waals surface area contributed by atoms with Crippen molar-refractivity contribution in [2.45, 2.75) is 38.6 Å². The predicted molar refractivity (Wildman–Crippen MR) is 82.9 cm³/mol. The average molecular weight is 288 g/mol. The van der Waals surface area contributed by atoms with Crippen molar-refractivity contribution in [1.82, 2.24) is 10.2 Å². The topological polar surface area (TPSA) is 49.4 Å². The summed E-state index contributed by atoms with van der Waals surface area (Å²) >= 11 is 0. The SMILES string of the molecule is CN(C)C(=O)c1ccc(CNC(=O)C2CCCCC2)cc1. The molecule has 0 heterocycles. The normalized spacial score (nSPS) is 15.5. The molecular formula is C17H24N2O2. The molecule has 2 amide bonds. The minimum absolute atomic E-state index is 0.00667. The van der Waals surface area contributed by atoms with E-state index in [0.29, 0.717) is 12.1 Å². The van der Waals surface area contributed by atoms with Gasteiger partial charge in [0.1, 0.15) is 0 Å². The standard InChI is InChI=1S/C17H24N2O2/c1-19(2)17(21)15-10-8-13(9-11-15)12-18-16(20)14-6-4-3-5-7-14/h8-11,14H,3-7,12H2,1-2H3,(H,18,20). The molecule has 0 saturated heterocycles. The number of rotatable bonds is 4. The summed E-state index contributed by atoms with van der Waals surface area (Å²) in [6, 6.07) is 7.42. The van der Waals surface area contributed by atoms with Crippen LogP contribution in [0.2, 0.25) is 0 Å². The van der Waals surface area contributed by atoms with Gasteiger partial charge in [0, 0.05) is 32.1 Å². The molecule has 1 aliphatic rings.